The number of hydrogen-bond donors (Lipinski definition) is 3. The molecule has 4 nitrogen and oxygen atoms in total. The van der Waals surface area contributed by atoms with Crippen molar-refractivity contribution in [3.8, 4) is 0 Å². The second kappa shape index (κ2) is 7.89. The van der Waals surface area contributed by atoms with E-state index in [1.54, 1.807) is 0 Å². The van der Waals surface area contributed by atoms with Gasteiger partial charge >= 0.3 is 18.5 Å². The maximum Gasteiger partial charge on any atom is 0.426 e. The van der Waals surface area contributed by atoms with Crippen molar-refractivity contribution < 1.29 is 59.6 Å². The van der Waals surface area contributed by atoms with E-state index >= 15 is 0 Å². The fourth-order valence-corrected chi connectivity index (χ4v) is 3.33. The lowest BCUT2D eigenvalue weighted by molar-refractivity contribution is -0.392. The summed E-state index contributed by atoms with van der Waals surface area (Å²) in [5.74, 6) is -5.00. The Kier molecular flexibility index (Phi) is 7.07. The van der Waals surface area contributed by atoms with Gasteiger partial charge in [-0.2, -0.15) is 39.5 Å². The highest BCUT2D eigenvalue weighted by Crippen LogP contribution is 2.55. The average Bonchev–Trinajstić information content (AvgIpc) is 2.50. The minimum atomic E-state index is -6.26. The van der Waals surface area contributed by atoms with E-state index in [4.69, 9.17) is 4.74 Å². The zero-order chi connectivity index (χ0) is 23.2. The second-order valence-electron chi connectivity index (χ2n) is 7.46. The number of hydrogen-bond acceptors (Lipinski definition) is 4. The van der Waals surface area contributed by atoms with E-state index in [2.05, 4.69) is 6.58 Å². The molecule has 0 bridgehead atoms. The van der Waals surface area contributed by atoms with Crippen LogP contribution in [-0.2, 0) is 4.74 Å². The van der Waals surface area contributed by atoms with Crippen molar-refractivity contribution in [3.05, 3.63) is 12.2 Å². The lowest BCUT2D eigenvalue weighted by Gasteiger charge is -2.47. The summed E-state index contributed by atoms with van der Waals surface area (Å²) in [5.41, 5.74) is -9.11. The van der Waals surface area contributed by atoms with E-state index in [0.717, 1.165) is 0 Å². The highest BCUT2D eigenvalue weighted by atomic mass is 19.4. The van der Waals surface area contributed by atoms with Crippen LogP contribution in [0.15, 0.2) is 12.2 Å². The van der Waals surface area contributed by atoms with Crippen molar-refractivity contribution in [2.75, 3.05) is 0 Å². The van der Waals surface area contributed by atoms with Crippen LogP contribution in [0, 0.1) is 11.8 Å². The van der Waals surface area contributed by atoms with Crippen molar-refractivity contribution in [2.24, 2.45) is 11.8 Å². The molecule has 1 rings (SSSR count). The Labute approximate surface area is 160 Å². The summed E-state index contributed by atoms with van der Waals surface area (Å²) in [6.07, 6.45) is -24.9. The summed E-state index contributed by atoms with van der Waals surface area (Å²) in [4.78, 5) is 0. The van der Waals surface area contributed by atoms with Crippen LogP contribution in [0.25, 0.3) is 0 Å². The quantitative estimate of drug-likeness (QED) is 0.340. The molecular weight excluding hydrogens is 427 g/mol. The second-order valence-corrected chi connectivity index (χ2v) is 7.46. The van der Waals surface area contributed by atoms with Crippen molar-refractivity contribution in [1.82, 2.24) is 0 Å². The van der Waals surface area contributed by atoms with Crippen LogP contribution in [0.4, 0.5) is 39.5 Å². The molecule has 29 heavy (non-hydrogen) atoms. The van der Waals surface area contributed by atoms with Crippen LogP contribution in [0.5, 0.6) is 0 Å². The van der Waals surface area contributed by atoms with Gasteiger partial charge in [0.05, 0.1) is 6.10 Å². The number of ether oxygens (including phenoxy) is 1. The minimum absolute atomic E-state index is 0.104. The normalized spacial score (nSPS) is 28.0. The predicted molar refractivity (Wildman–Crippen MR) is 80.3 cm³/mol. The maximum absolute atomic E-state index is 13.2. The van der Waals surface area contributed by atoms with Gasteiger partial charge in [-0.3, -0.25) is 0 Å². The smallest absolute Gasteiger partial charge is 0.380 e. The van der Waals surface area contributed by atoms with Crippen LogP contribution in [-0.4, -0.2) is 57.4 Å². The summed E-state index contributed by atoms with van der Waals surface area (Å²) in [5, 5.41) is 29.1. The summed E-state index contributed by atoms with van der Waals surface area (Å²) in [6.45, 7) is 4.68. The fraction of sp³-hybridized carbons (Fsp3) is 0.875. The Hall–Kier alpha value is -1.05. The van der Waals surface area contributed by atoms with E-state index in [-0.39, 0.29) is 12.5 Å². The molecular formula is C16H21F9O4. The lowest BCUT2D eigenvalue weighted by atomic mass is 9.66. The number of aliphatic hydroxyl groups is 3. The summed E-state index contributed by atoms with van der Waals surface area (Å²) in [6, 6.07) is 0. The SMILES string of the molecule is C=C(C)C(O)OC1CC(C(C)(O)C(F)(F)F)CC(C(O)(C(F)(F)F)C(F)(F)F)C1. The molecule has 0 aromatic heterocycles. The van der Waals surface area contributed by atoms with Gasteiger partial charge in [0.15, 0.2) is 11.9 Å². The third-order valence-corrected chi connectivity index (χ3v) is 5.23. The number of alkyl halides is 9. The van der Waals surface area contributed by atoms with Gasteiger partial charge in [-0.15, -0.1) is 0 Å². The molecule has 0 radical (unpaired) electrons. The molecule has 0 aromatic rings. The van der Waals surface area contributed by atoms with Gasteiger partial charge in [0.25, 0.3) is 5.60 Å². The Balaban J connectivity index is 3.44. The predicted octanol–water partition coefficient (Wildman–Crippen LogP) is 3.85. The van der Waals surface area contributed by atoms with Gasteiger partial charge in [-0.05, 0) is 44.6 Å². The van der Waals surface area contributed by atoms with Gasteiger partial charge in [0.1, 0.15) is 0 Å². The fourth-order valence-electron chi connectivity index (χ4n) is 3.33. The van der Waals surface area contributed by atoms with Gasteiger partial charge in [0, 0.05) is 5.92 Å². The van der Waals surface area contributed by atoms with Crippen LogP contribution in [0.1, 0.15) is 33.1 Å². The molecule has 3 N–H and O–H groups in total. The van der Waals surface area contributed by atoms with E-state index in [0.29, 0.717) is 0 Å². The monoisotopic (exact) mass is 448 g/mol. The molecule has 172 valence electrons. The summed E-state index contributed by atoms with van der Waals surface area (Å²) >= 11 is 0. The first-order valence-corrected chi connectivity index (χ1v) is 8.30. The zero-order valence-electron chi connectivity index (χ0n) is 15.3. The minimum Gasteiger partial charge on any atom is -0.380 e. The van der Waals surface area contributed by atoms with Crippen LogP contribution >= 0.6 is 0 Å². The lowest BCUT2D eigenvalue weighted by Crippen LogP contribution is -2.64. The topological polar surface area (TPSA) is 69.9 Å². The molecule has 0 heterocycles. The van der Waals surface area contributed by atoms with Crippen molar-refractivity contribution >= 4 is 0 Å². The van der Waals surface area contributed by atoms with Crippen molar-refractivity contribution in [2.45, 2.75) is 75.2 Å². The van der Waals surface area contributed by atoms with E-state index in [9.17, 15) is 54.8 Å². The highest BCUT2D eigenvalue weighted by molar-refractivity contribution is 5.05. The molecule has 1 aliphatic rings. The van der Waals surface area contributed by atoms with E-state index < -0.39 is 73.2 Å². The largest absolute Gasteiger partial charge is 0.426 e. The molecule has 1 saturated carbocycles. The van der Waals surface area contributed by atoms with Gasteiger partial charge in [-0.25, -0.2) is 0 Å². The molecule has 13 heteroatoms. The third kappa shape index (κ3) is 5.00. The van der Waals surface area contributed by atoms with E-state index in [1.165, 1.54) is 6.92 Å². The first kappa shape index (κ1) is 26.0. The molecule has 1 aliphatic carbocycles. The van der Waals surface area contributed by atoms with Crippen LogP contribution in [0.2, 0.25) is 0 Å². The van der Waals surface area contributed by atoms with Crippen LogP contribution < -0.4 is 0 Å². The summed E-state index contributed by atoms with van der Waals surface area (Å²) in [7, 11) is 0. The Morgan fingerprint density at radius 2 is 1.28 bits per heavy atom. The first-order chi connectivity index (χ1) is 12.7. The first-order valence-electron chi connectivity index (χ1n) is 8.30. The third-order valence-electron chi connectivity index (χ3n) is 5.23. The van der Waals surface area contributed by atoms with Gasteiger partial charge in [-0.1, -0.05) is 6.58 Å². The van der Waals surface area contributed by atoms with Crippen LogP contribution in [0.3, 0.4) is 0 Å². The Morgan fingerprint density at radius 1 is 0.862 bits per heavy atom. The number of aliphatic hydroxyl groups excluding tert-OH is 1. The molecule has 1 fully saturated rings. The zero-order valence-corrected chi connectivity index (χ0v) is 15.3. The number of halogens is 9. The molecule has 0 amide bonds. The van der Waals surface area contributed by atoms with E-state index in [1.807, 2.05) is 0 Å². The Morgan fingerprint density at radius 3 is 1.62 bits per heavy atom. The highest BCUT2D eigenvalue weighted by Gasteiger charge is 2.74. The molecule has 0 saturated heterocycles. The standard InChI is InChI=1S/C16H21F9O4/c1-7(2)11(26)29-10-5-8(12(3,27)14(17,18)19)4-9(6-10)13(28,15(20,21)22)16(23,24)25/h8-11,26-28H,1,4-6H2,2-3H3. The molecule has 5 unspecified atom stereocenters. The average molecular weight is 448 g/mol. The van der Waals surface area contributed by atoms with Crippen molar-refractivity contribution in [1.29, 1.82) is 0 Å². The molecule has 0 aromatic carbocycles. The molecule has 5 atom stereocenters. The maximum atomic E-state index is 13.2. The van der Waals surface area contributed by atoms with Gasteiger partial charge in [0.2, 0.25) is 0 Å². The Bertz CT molecular complexity index is 581. The molecule has 0 spiro atoms. The van der Waals surface area contributed by atoms with Gasteiger partial charge < -0.3 is 20.1 Å². The molecule has 0 aliphatic heterocycles. The van der Waals surface area contributed by atoms with Crippen molar-refractivity contribution in [3.63, 3.8) is 0 Å². The summed E-state index contributed by atoms with van der Waals surface area (Å²) < 4.78 is 124. The number of rotatable bonds is 5.